The molecular weight excluding hydrogens is 520 g/mol. The third-order valence-electron chi connectivity index (χ3n) is 7.48. The van der Waals surface area contributed by atoms with E-state index in [1.807, 2.05) is 28.5 Å². The van der Waals surface area contributed by atoms with Crippen molar-refractivity contribution >= 4 is 41.7 Å². The SMILES string of the molecule is C[C@@H](CC(=O)O)C(=O)NC1CCc2cccc3c2N(C1=C1CCC1)C(C(=O)NC(/C=N/NC(N)=O)CC(=O)O)C3. The number of urea groups is 1. The van der Waals surface area contributed by atoms with Crippen molar-refractivity contribution in [1.29, 1.82) is 0 Å². The summed E-state index contributed by atoms with van der Waals surface area (Å²) in [7, 11) is 0. The first-order chi connectivity index (χ1) is 19.0. The molecule has 0 saturated heterocycles. The van der Waals surface area contributed by atoms with Gasteiger partial charge >= 0.3 is 18.0 Å². The molecule has 7 N–H and O–H groups in total. The van der Waals surface area contributed by atoms with Gasteiger partial charge in [-0.1, -0.05) is 25.1 Å². The first-order valence-corrected chi connectivity index (χ1v) is 13.3. The highest BCUT2D eigenvalue weighted by molar-refractivity contribution is 5.93. The standard InChI is InChI=1S/C27H34N6O7/c1-14(10-21(34)35)25(38)31-19-9-8-16-6-3-7-17-11-20(33(23(16)17)24(19)15-4-2-5-15)26(39)30-18(12-22(36)37)13-29-32-27(28)40/h3,6-7,13-14,18-20H,2,4-5,8-12H2,1H3,(H,30,39)(H,31,38)(H,34,35)(H,36,37)(H3,28,32,40)/b29-13+/t14-,18?,19?,20?/m0/s1. The Bertz CT molecular complexity index is 1270. The zero-order chi connectivity index (χ0) is 29.0. The van der Waals surface area contributed by atoms with Gasteiger partial charge in [-0.15, -0.1) is 0 Å². The lowest BCUT2D eigenvalue weighted by molar-refractivity contribution is -0.141. The minimum absolute atomic E-state index is 0.291. The van der Waals surface area contributed by atoms with Crippen LogP contribution in [0, 0.1) is 5.92 Å². The number of carboxylic acid groups (broad SMARTS) is 2. The summed E-state index contributed by atoms with van der Waals surface area (Å²) in [5.41, 5.74) is 11.9. The van der Waals surface area contributed by atoms with Crippen molar-refractivity contribution in [2.45, 2.75) is 76.4 Å². The normalized spacial score (nSPS) is 21.1. The number of carboxylic acids is 2. The van der Waals surface area contributed by atoms with Gasteiger partial charge in [0.25, 0.3) is 0 Å². The number of anilines is 1. The molecule has 4 amide bonds. The number of carbonyl (C=O) groups excluding carboxylic acids is 3. The van der Waals surface area contributed by atoms with E-state index in [0.717, 1.165) is 53.6 Å². The van der Waals surface area contributed by atoms with Crippen LogP contribution in [-0.2, 0) is 32.0 Å². The van der Waals surface area contributed by atoms with Crippen molar-refractivity contribution in [2.75, 3.05) is 4.90 Å². The number of aliphatic carboxylic acids is 2. The summed E-state index contributed by atoms with van der Waals surface area (Å²) in [4.78, 5) is 62.4. The number of amides is 4. The highest BCUT2D eigenvalue weighted by atomic mass is 16.4. The predicted molar refractivity (Wildman–Crippen MR) is 144 cm³/mol. The van der Waals surface area contributed by atoms with Gasteiger partial charge in [-0.3, -0.25) is 19.2 Å². The van der Waals surface area contributed by atoms with Crippen LogP contribution in [0.3, 0.4) is 0 Å². The van der Waals surface area contributed by atoms with E-state index in [2.05, 4.69) is 15.7 Å². The summed E-state index contributed by atoms with van der Waals surface area (Å²) in [6.45, 7) is 1.58. The Labute approximate surface area is 230 Å². The van der Waals surface area contributed by atoms with Crippen LogP contribution in [0.5, 0.6) is 0 Å². The smallest absolute Gasteiger partial charge is 0.332 e. The van der Waals surface area contributed by atoms with Crippen molar-refractivity contribution in [3.8, 4) is 0 Å². The molecule has 13 heteroatoms. The van der Waals surface area contributed by atoms with Crippen LogP contribution >= 0.6 is 0 Å². The summed E-state index contributed by atoms with van der Waals surface area (Å²) in [5, 5.41) is 27.9. The number of hydrazone groups is 1. The van der Waals surface area contributed by atoms with Crippen molar-refractivity contribution in [1.82, 2.24) is 16.1 Å². The maximum Gasteiger partial charge on any atom is 0.332 e. The number of hydrogen-bond donors (Lipinski definition) is 6. The summed E-state index contributed by atoms with van der Waals surface area (Å²) in [6.07, 6.45) is 4.59. The number of carbonyl (C=O) groups is 5. The molecule has 13 nitrogen and oxygen atoms in total. The Morgan fingerprint density at radius 1 is 1.10 bits per heavy atom. The lowest BCUT2D eigenvalue weighted by atomic mass is 9.86. The van der Waals surface area contributed by atoms with Gasteiger partial charge in [0.1, 0.15) is 6.04 Å². The molecule has 3 unspecified atom stereocenters. The van der Waals surface area contributed by atoms with Gasteiger partial charge in [0.2, 0.25) is 11.8 Å². The number of para-hydroxylation sites is 1. The molecule has 3 aliphatic rings. The molecule has 2 aliphatic heterocycles. The van der Waals surface area contributed by atoms with E-state index < -0.39 is 54.3 Å². The molecule has 1 aromatic rings. The fourth-order valence-electron chi connectivity index (χ4n) is 5.51. The van der Waals surface area contributed by atoms with Crippen molar-refractivity contribution in [2.24, 2.45) is 16.8 Å². The van der Waals surface area contributed by atoms with Crippen molar-refractivity contribution in [3.05, 3.63) is 40.6 Å². The lowest BCUT2D eigenvalue weighted by Gasteiger charge is -2.37. The molecule has 0 bridgehead atoms. The molecule has 4 atom stereocenters. The quantitative estimate of drug-likeness (QED) is 0.181. The molecule has 0 aromatic heterocycles. The minimum atomic E-state index is -1.17. The number of primary amides is 1. The van der Waals surface area contributed by atoms with E-state index >= 15 is 0 Å². The summed E-state index contributed by atoms with van der Waals surface area (Å²) in [5.74, 6) is -3.74. The molecule has 1 fully saturated rings. The van der Waals surface area contributed by atoms with Crippen LogP contribution < -0.4 is 26.7 Å². The molecule has 1 aliphatic carbocycles. The van der Waals surface area contributed by atoms with Crippen molar-refractivity contribution in [3.63, 3.8) is 0 Å². The first kappa shape index (κ1) is 28.6. The fourth-order valence-corrected chi connectivity index (χ4v) is 5.51. The largest absolute Gasteiger partial charge is 0.481 e. The number of aryl methyl sites for hydroxylation is 1. The highest BCUT2D eigenvalue weighted by Crippen LogP contribution is 2.45. The average molecular weight is 555 g/mol. The molecular formula is C27H34N6O7. The fraction of sp³-hybridized carbons (Fsp3) is 0.481. The molecule has 4 rings (SSSR count). The molecule has 1 aromatic carbocycles. The maximum atomic E-state index is 13.8. The third kappa shape index (κ3) is 6.41. The Morgan fingerprint density at radius 3 is 2.42 bits per heavy atom. The van der Waals surface area contributed by atoms with Crippen LogP contribution in [0.4, 0.5) is 10.5 Å². The Kier molecular flexibility index (Phi) is 8.70. The van der Waals surface area contributed by atoms with Crippen molar-refractivity contribution < 1.29 is 34.2 Å². The van der Waals surface area contributed by atoms with E-state index in [1.54, 1.807) is 6.92 Å². The van der Waals surface area contributed by atoms with Gasteiger partial charge in [0.05, 0.1) is 24.9 Å². The van der Waals surface area contributed by atoms with Gasteiger partial charge in [0.15, 0.2) is 0 Å². The molecule has 0 spiro atoms. The zero-order valence-corrected chi connectivity index (χ0v) is 22.2. The maximum absolute atomic E-state index is 13.8. The molecule has 1 saturated carbocycles. The monoisotopic (exact) mass is 554 g/mol. The van der Waals surface area contributed by atoms with Gasteiger partial charge in [-0.05, 0) is 48.8 Å². The van der Waals surface area contributed by atoms with Crippen LogP contribution in [0.15, 0.2) is 34.6 Å². The van der Waals surface area contributed by atoms with E-state index in [1.165, 1.54) is 0 Å². The Morgan fingerprint density at radius 2 is 1.80 bits per heavy atom. The van der Waals surface area contributed by atoms with Crippen LogP contribution in [0.1, 0.15) is 56.6 Å². The summed E-state index contributed by atoms with van der Waals surface area (Å²) >= 11 is 0. The topological polar surface area (TPSA) is 204 Å². The Hall–Kier alpha value is -4.42. The van der Waals surface area contributed by atoms with Crippen LogP contribution in [-0.4, -0.2) is 64.3 Å². The summed E-state index contributed by atoms with van der Waals surface area (Å²) in [6, 6.07) is 2.81. The summed E-state index contributed by atoms with van der Waals surface area (Å²) < 4.78 is 0. The third-order valence-corrected chi connectivity index (χ3v) is 7.48. The molecule has 40 heavy (non-hydrogen) atoms. The van der Waals surface area contributed by atoms with E-state index in [9.17, 15) is 29.1 Å². The van der Waals surface area contributed by atoms with E-state index in [-0.39, 0.29) is 12.3 Å². The number of allylic oxidation sites excluding steroid dienone is 1. The molecule has 214 valence electrons. The predicted octanol–water partition coefficient (Wildman–Crippen LogP) is 1.01. The second kappa shape index (κ2) is 12.2. The lowest BCUT2D eigenvalue weighted by Crippen LogP contribution is -2.53. The number of hydrogen-bond acceptors (Lipinski definition) is 7. The minimum Gasteiger partial charge on any atom is -0.481 e. The van der Waals surface area contributed by atoms with Gasteiger partial charge in [-0.25, -0.2) is 10.2 Å². The van der Waals surface area contributed by atoms with E-state index in [4.69, 9.17) is 10.8 Å². The highest BCUT2D eigenvalue weighted by Gasteiger charge is 2.44. The van der Waals surface area contributed by atoms with Gasteiger partial charge < -0.3 is 31.5 Å². The molecule has 0 radical (unpaired) electrons. The number of rotatable bonds is 10. The van der Waals surface area contributed by atoms with E-state index in [0.29, 0.717) is 19.3 Å². The second-order valence-corrected chi connectivity index (χ2v) is 10.4. The first-order valence-electron chi connectivity index (χ1n) is 13.3. The number of benzene rings is 1. The number of nitrogens with zero attached hydrogens (tertiary/aromatic N) is 2. The zero-order valence-electron chi connectivity index (χ0n) is 22.2. The number of nitrogens with two attached hydrogens (primary N) is 1. The molecule has 2 heterocycles. The van der Waals surface area contributed by atoms with Crippen LogP contribution in [0.2, 0.25) is 0 Å². The number of nitrogens with one attached hydrogen (secondary N) is 3. The van der Waals surface area contributed by atoms with Crippen LogP contribution in [0.25, 0.3) is 0 Å². The van der Waals surface area contributed by atoms with Gasteiger partial charge in [0, 0.05) is 29.9 Å². The second-order valence-electron chi connectivity index (χ2n) is 10.4. The Balaban J connectivity index is 1.67. The van der Waals surface area contributed by atoms with Gasteiger partial charge in [-0.2, -0.15) is 5.10 Å². The average Bonchev–Trinajstić information content (AvgIpc) is 3.15.